The van der Waals surface area contributed by atoms with Gasteiger partial charge in [-0.05, 0) is 42.7 Å². The summed E-state index contributed by atoms with van der Waals surface area (Å²) in [6.45, 7) is 5.13. The standard InChI is InChI=1S/C19H32O8/c1-10(26-18-17(25)16(24)15(23)14(9-21)27-18)4-5-13-11(8-20)6-12(22)7-19(13,2)3/h6,10,13-18,20-21,23-25H,4-5,7-9H2,1-3H3/t10-,13-,14-,15-,16+,17-,18-/m1/s1. The van der Waals surface area contributed by atoms with E-state index < -0.39 is 37.3 Å². The molecule has 2 aliphatic rings. The van der Waals surface area contributed by atoms with Crippen molar-refractivity contribution in [1.29, 1.82) is 0 Å². The second kappa shape index (κ2) is 9.09. The second-order valence-electron chi connectivity index (χ2n) is 8.28. The summed E-state index contributed by atoms with van der Waals surface area (Å²) in [5.74, 6) is 0.0481. The summed E-state index contributed by atoms with van der Waals surface area (Å²) in [6, 6.07) is 0. The first kappa shape index (κ1) is 22.4. The Labute approximate surface area is 159 Å². The van der Waals surface area contributed by atoms with Gasteiger partial charge in [-0.25, -0.2) is 0 Å². The van der Waals surface area contributed by atoms with E-state index >= 15 is 0 Å². The Bertz CT molecular complexity index is 544. The van der Waals surface area contributed by atoms with Crippen LogP contribution in [-0.4, -0.2) is 81.3 Å². The largest absolute Gasteiger partial charge is 0.394 e. The Morgan fingerprint density at radius 2 is 1.89 bits per heavy atom. The maximum Gasteiger partial charge on any atom is 0.186 e. The van der Waals surface area contributed by atoms with Gasteiger partial charge in [-0.3, -0.25) is 4.79 Å². The topological polar surface area (TPSA) is 137 Å². The van der Waals surface area contributed by atoms with E-state index in [1.54, 1.807) is 6.92 Å². The number of ether oxygens (including phenoxy) is 2. The van der Waals surface area contributed by atoms with Crippen molar-refractivity contribution in [3.8, 4) is 0 Å². The number of aliphatic hydroxyl groups excluding tert-OH is 5. The Kier molecular flexibility index (Phi) is 7.54. The van der Waals surface area contributed by atoms with Crippen LogP contribution >= 0.6 is 0 Å². The van der Waals surface area contributed by atoms with Crippen molar-refractivity contribution >= 4 is 5.78 Å². The van der Waals surface area contributed by atoms with Crippen LogP contribution in [0.5, 0.6) is 0 Å². The van der Waals surface area contributed by atoms with Crippen molar-refractivity contribution in [2.45, 2.75) is 76.8 Å². The van der Waals surface area contributed by atoms with Crippen LogP contribution in [0.4, 0.5) is 0 Å². The SMILES string of the molecule is C[C@H](CC[C@@H]1C(CO)=CC(=O)CC1(C)C)O[C@@H]1O[C@H](CO)[C@@H](O)[C@H](O)[C@H]1O. The molecule has 8 heteroatoms. The third-order valence-electron chi connectivity index (χ3n) is 5.63. The summed E-state index contributed by atoms with van der Waals surface area (Å²) >= 11 is 0. The molecule has 5 N–H and O–H groups in total. The first-order valence-corrected chi connectivity index (χ1v) is 9.40. The lowest BCUT2D eigenvalue weighted by atomic mass is 9.66. The molecule has 0 aromatic carbocycles. The smallest absolute Gasteiger partial charge is 0.186 e. The van der Waals surface area contributed by atoms with E-state index in [9.17, 15) is 30.3 Å². The van der Waals surface area contributed by atoms with Crippen LogP contribution in [0.25, 0.3) is 0 Å². The monoisotopic (exact) mass is 388 g/mol. The van der Waals surface area contributed by atoms with Gasteiger partial charge in [0.1, 0.15) is 24.4 Å². The zero-order chi connectivity index (χ0) is 20.4. The van der Waals surface area contributed by atoms with Gasteiger partial charge in [0.2, 0.25) is 0 Å². The lowest BCUT2D eigenvalue weighted by molar-refractivity contribution is -0.310. The van der Waals surface area contributed by atoms with E-state index in [2.05, 4.69) is 0 Å². The fraction of sp³-hybridized carbons (Fsp3) is 0.842. The number of carbonyl (C=O) groups excluding carboxylic acids is 1. The third kappa shape index (κ3) is 5.14. The third-order valence-corrected chi connectivity index (χ3v) is 5.63. The minimum absolute atomic E-state index is 0.0194. The number of ketones is 1. The van der Waals surface area contributed by atoms with Gasteiger partial charge in [-0.2, -0.15) is 0 Å². The molecule has 1 saturated heterocycles. The normalized spacial score (nSPS) is 37.8. The molecule has 1 aliphatic carbocycles. The van der Waals surface area contributed by atoms with E-state index in [4.69, 9.17) is 9.47 Å². The van der Waals surface area contributed by atoms with Crippen molar-refractivity contribution < 1.29 is 39.8 Å². The summed E-state index contributed by atoms with van der Waals surface area (Å²) in [5.41, 5.74) is 0.448. The Hall–Kier alpha value is -0.870. The van der Waals surface area contributed by atoms with Crippen LogP contribution in [0.1, 0.15) is 40.0 Å². The van der Waals surface area contributed by atoms with Crippen LogP contribution in [0.3, 0.4) is 0 Å². The Morgan fingerprint density at radius 3 is 2.48 bits per heavy atom. The molecule has 27 heavy (non-hydrogen) atoms. The number of hydrogen-bond acceptors (Lipinski definition) is 8. The molecule has 1 aliphatic heterocycles. The summed E-state index contributed by atoms with van der Waals surface area (Å²) < 4.78 is 11.1. The Morgan fingerprint density at radius 1 is 1.22 bits per heavy atom. The molecule has 0 spiro atoms. The number of hydrogen-bond donors (Lipinski definition) is 5. The van der Waals surface area contributed by atoms with Crippen molar-refractivity contribution in [2.24, 2.45) is 11.3 Å². The number of carbonyl (C=O) groups is 1. The first-order valence-electron chi connectivity index (χ1n) is 9.40. The lowest BCUT2D eigenvalue weighted by Crippen LogP contribution is -2.59. The van der Waals surface area contributed by atoms with Crippen LogP contribution in [-0.2, 0) is 14.3 Å². The molecule has 7 atom stereocenters. The minimum Gasteiger partial charge on any atom is -0.394 e. The van der Waals surface area contributed by atoms with Crippen molar-refractivity contribution in [2.75, 3.05) is 13.2 Å². The fourth-order valence-corrected chi connectivity index (χ4v) is 4.04. The predicted octanol–water partition coefficient (Wildman–Crippen LogP) is -0.494. The average molecular weight is 388 g/mol. The van der Waals surface area contributed by atoms with Crippen LogP contribution in [0, 0.1) is 11.3 Å². The van der Waals surface area contributed by atoms with E-state index in [1.165, 1.54) is 6.08 Å². The van der Waals surface area contributed by atoms with Crippen molar-refractivity contribution in [3.05, 3.63) is 11.6 Å². The molecule has 0 saturated carbocycles. The molecule has 2 rings (SSSR count). The molecule has 8 nitrogen and oxygen atoms in total. The number of rotatable bonds is 7. The van der Waals surface area contributed by atoms with Crippen molar-refractivity contribution in [3.63, 3.8) is 0 Å². The highest BCUT2D eigenvalue weighted by atomic mass is 16.7. The zero-order valence-corrected chi connectivity index (χ0v) is 16.1. The summed E-state index contributed by atoms with van der Waals surface area (Å²) in [7, 11) is 0. The second-order valence-corrected chi connectivity index (χ2v) is 8.28. The average Bonchev–Trinajstić information content (AvgIpc) is 2.59. The molecular formula is C19H32O8. The van der Waals surface area contributed by atoms with Gasteiger partial charge in [-0.15, -0.1) is 0 Å². The molecule has 0 unspecified atom stereocenters. The van der Waals surface area contributed by atoms with Gasteiger partial charge in [-0.1, -0.05) is 13.8 Å². The summed E-state index contributed by atoms with van der Waals surface area (Å²) in [5, 5.41) is 48.5. The van der Waals surface area contributed by atoms with E-state index in [-0.39, 0.29) is 29.8 Å². The molecule has 0 aromatic rings. The van der Waals surface area contributed by atoms with E-state index in [0.717, 1.165) is 5.57 Å². The van der Waals surface area contributed by atoms with E-state index in [1.807, 2.05) is 13.8 Å². The number of allylic oxidation sites excluding steroid dienone is 1. The molecule has 0 bridgehead atoms. The minimum atomic E-state index is -1.47. The molecular weight excluding hydrogens is 356 g/mol. The molecule has 1 heterocycles. The maximum absolute atomic E-state index is 11.8. The molecule has 156 valence electrons. The van der Waals surface area contributed by atoms with Gasteiger partial charge in [0.15, 0.2) is 12.1 Å². The molecule has 0 amide bonds. The summed E-state index contributed by atoms with van der Waals surface area (Å²) in [4.78, 5) is 11.8. The number of aliphatic hydroxyl groups is 5. The molecule has 0 aromatic heterocycles. The lowest BCUT2D eigenvalue weighted by Gasteiger charge is -2.41. The highest BCUT2D eigenvalue weighted by molar-refractivity contribution is 5.92. The molecule has 1 fully saturated rings. The Balaban J connectivity index is 1.96. The van der Waals surface area contributed by atoms with E-state index in [0.29, 0.717) is 19.3 Å². The quantitative estimate of drug-likeness (QED) is 0.394. The van der Waals surface area contributed by atoms with Gasteiger partial charge in [0.25, 0.3) is 0 Å². The van der Waals surface area contributed by atoms with Crippen molar-refractivity contribution in [1.82, 2.24) is 0 Å². The van der Waals surface area contributed by atoms with Crippen LogP contribution < -0.4 is 0 Å². The highest BCUT2D eigenvalue weighted by Gasteiger charge is 2.44. The van der Waals surface area contributed by atoms with Gasteiger partial charge in [0, 0.05) is 6.42 Å². The predicted molar refractivity (Wildman–Crippen MR) is 95.6 cm³/mol. The molecule has 0 radical (unpaired) electrons. The van der Waals surface area contributed by atoms with Crippen LogP contribution in [0.2, 0.25) is 0 Å². The van der Waals surface area contributed by atoms with Gasteiger partial charge < -0.3 is 35.0 Å². The van der Waals surface area contributed by atoms with Gasteiger partial charge >= 0.3 is 0 Å². The maximum atomic E-state index is 11.8. The fourth-order valence-electron chi connectivity index (χ4n) is 4.04. The first-order chi connectivity index (χ1) is 12.6. The van der Waals surface area contributed by atoms with Gasteiger partial charge in [0.05, 0.1) is 19.3 Å². The highest BCUT2D eigenvalue weighted by Crippen LogP contribution is 2.42. The van der Waals surface area contributed by atoms with Crippen LogP contribution in [0.15, 0.2) is 11.6 Å². The zero-order valence-electron chi connectivity index (χ0n) is 16.1. The summed E-state index contributed by atoms with van der Waals surface area (Å²) in [6.07, 6.45) is -3.64.